The van der Waals surface area contributed by atoms with Crippen LogP contribution in [0.15, 0.2) is 36.5 Å². The fraction of sp³-hybridized carbons (Fsp3) is 0.214. The van der Waals surface area contributed by atoms with Gasteiger partial charge in [0.2, 0.25) is 0 Å². The SMILES string of the molecule is CCNc1cc(C(=O)N(C)c2ccccn2)cc(Cl)n1. The summed E-state index contributed by atoms with van der Waals surface area (Å²) < 4.78 is 0. The molecule has 0 bridgehead atoms. The second-order valence-corrected chi connectivity index (χ2v) is 4.53. The van der Waals surface area contributed by atoms with Gasteiger partial charge in [-0.1, -0.05) is 17.7 Å². The zero-order valence-electron chi connectivity index (χ0n) is 11.3. The van der Waals surface area contributed by atoms with Crippen LogP contribution in [0.2, 0.25) is 5.15 Å². The number of anilines is 2. The van der Waals surface area contributed by atoms with Gasteiger partial charge in [-0.3, -0.25) is 9.69 Å². The van der Waals surface area contributed by atoms with Crippen LogP contribution in [0.3, 0.4) is 0 Å². The average molecular weight is 291 g/mol. The number of aromatic nitrogens is 2. The molecule has 0 fully saturated rings. The van der Waals surface area contributed by atoms with E-state index in [1.165, 1.54) is 4.90 Å². The van der Waals surface area contributed by atoms with Crippen molar-refractivity contribution in [3.63, 3.8) is 0 Å². The van der Waals surface area contributed by atoms with Crippen molar-refractivity contribution in [1.29, 1.82) is 0 Å². The highest BCUT2D eigenvalue weighted by molar-refractivity contribution is 6.30. The molecule has 0 aliphatic heterocycles. The lowest BCUT2D eigenvalue weighted by atomic mass is 10.2. The first kappa shape index (κ1) is 14.3. The van der Waals surface area contributed by atoms with Crippen molar-refractivity contribution < 1.29 is 4.79 Å². The molecule has 104 valence electrons. The molecule has 6 heteroatoms. The first-order chi connectivity index (χ1) is 9.61. The van der Waals surface area contributed by atoms with Gasteiger partial charge >= 0.3 is 0 Å². The van der Waals surface area contributed by atoms with Gasteiger partial charge in [0.25, 0.3) is 5.91 Å². The van der Waals surface area contributed by atoms with Gasteiger partial charge in [0, 0.05) is 25.4 Å². The second kappa shape index (κ2) is 6.34. The molecule has 0 saturated heterocycles. The third-order valence-corrected chi connectivity index (χ3v) is 2.89. The van der Waals surface area contributed by atoms with Gasteiger partial charge in [0.15, 0.2) is 0 Å². The highest BCUT2D eigenvalue weighted by Gasteiger charge is 2.16. The minimum absolute atomic E-state index is 0.188. The van der Waals surface area contributed by atoms with Crippen LogP contribution >= 0.6 is 11.6 Å². The van der Waals surface area contributed by atoms with E-state index in [1.54, 1.807) is 37.5 Å². The molecule has 0 spiro atoms. The Balaban J connectivity index is 2.29. The molecule has 0 aliphatic rings. The summed E-state index contributed by atoms with van der Waals surface area (Å²) >= 11 is 5.94. The van der Waals surface area contributed by atoms with Crippen molar-refractivity contribution in [3.8, 4) is 0 Å². The maximum Gasteiger partial charge on any atom is 0.259 e. The van der Waals surface area contributed by atoms with E-state index in [0.717, 1.165) is 0 Å². The summed E-state index contributed by atoms with van der Waals surface area (Å²) in [5.41, 5.74) is 0.467. The largest absolute Gasteiger partial charge is 0.370 e. The zero-order valence-corrected chi connectivity index (χ0v) is 12.1. The van der Waals surface area contributed by atoms with Crippen LogP contribution in [0.1, 0.15) is 17.3 Å². The van der Waals surface area contributed by atoms with Gasteiger partial charge in [-0.25, -0.2) is 9.97 Å². The lowest BCUT2D eigenvalue weighted by Crippen LogP contribution is -2.27. The molecule has 0 saturated carbocycles. The highest BCUT2D eigenvalue weighted by atomic mass is 35.5. The fourth-order valence-corrected chi connectivity index (χ4v) is 1.95. The summed E-state index contributed by atoms with van der Waals surface area (Å²) in [4.78, 5) is 22.2. The summed E-state index contributed by atoms with van der Waals surface area (Å²) in [7, 11) is 1.67. The summed E-state index contributed by atoms with van der Waals surface area (Å²) in [5.74, 6) is 0.973. The van der Waals surface area contributed by atoms with Crippen LogP contribution in [0, 0.1) is 0 Å². The van der Waals surface area contributed by atoms with Crippen molar-refractivity contribution >= 4 is 29.1 Å². The van der Waals surface area contributed by atoms with E-state index in [1.807, 2.05) is 13.0 Å². The van der Waals surface area contributed by atoms with Crippen LogP contribution < -0.4 is 10.2 Å². The molecule has 1 N–H and O–H groups in total. The third-order valence-electron chi connectivity index (χ3n) is 2.70. The molecule has 0 unspecified atom stereocenters. The molecule has 0 radical (unpaired) electrons. The van der Waals surface area contributed by atoms with Crippen molar-refractivity contribution in [1.82, 2.24) is 9.97 Å². The maximum atomic E-state index is 12.4. The van der Waals surface area contributed by atoms with E-state index in [4.69, 9.17) is 11.6 Å². The van der Waals surface area contributed by atoms with Gasteiger partial charge in [0.05, 0.1) is 0 Å². The molecule has 5 nitrogen and oxygen atoms in total. The monoisotopic (exact) mass is 290 g/mol. The van der Waals surface area contributed by atoms with Gasteiger partial charge < -0.3 is 5.32 Å². The Hall–Kier alpha value is -2.14. The van der Waals surface area contributed by atoms with Crippen molar-refractivity contribution in [2.75, 3.05) is 23.8 Å². The van der Waals surface area contributed by atoms with Gasteiger partial charge in [0.1, 0.15) is 16.8 Å². The Morgan fingerprint density at radius 2 is 2.20 bits per heavy atom. The first-order valence-electron chi connectivity index (χ1n) is 6.22. The first-order valence-corrected chi connectivity index (χ1v) is 6.60. The number of pyridine rings is 2. The Labute approximate surface area is 122 Å². The van der Waals surface area contributed by atoms with Crippen molar-refractivity contribution in [2.45, 2.75) is 6.92 Å². The lowest BCUT2D eigenvalue weighted by Gasteiger charge is -2.16. The van der Waals surface area contributed by atoms with Crippen LogP contribution in [0.25, 0.3) is 0 Å². The highest BCUT2D eigenvalue weighted by Crippen LogP contribution is 2.18. The van der Waals surface area contributed by atoms with E-state index < -0.39 is 0 Å². The molecule has 1 amide bonds. The third kappa shape index (κ3) is 3.24. The quantitative estimate of drug-likeness (QED) is 0.880. The summed E-state index contributed by atoms with van der Waals surface area (Å²) in [6.07, 6.45) is 1.64. The Morgan fingerprint density at radius 3 is 2.85 bits per heavy atom. The molecular formula is C14H15ClN4O. The zero-order chi connectivity index (χ0) is 14.5. The number of amides is 1. The van der Waals surface area contributed by atoms with Gasteiger partial charge in [-0.05, 0) is 31.2 Å². The predicted octanol–water partition coefficient (Wildman–Crippen LogP) is 2.84. The molecule has 2 aromatic heterocycles. The second-order valence-electron chi connectivity index (χ2n) is 4.15. The van der Waals surface area contributed by atoms with E-state index in [9.17, 15) is 4.79 Å². The molecule has 2 heterocycles. The minimum atomic E-state index is -0.188. The summed E-state index contributed by atoms with van der Waals surface area (Å²) in [6.45, 7) is 2.65. The maximum absolute atomic E-state index is 12.4. The van der Waals surface area contributed by atoms with E-state index >= 15 is 0 Å². The Kier molecular flexibility index (Phi) is 4.53. The Morgan fingerprint density at radius 1 is 1.40 bits per heavy atom. The Bertz CT molecular complexity index is 603. The van der Waals surface area contributed by atoms with Crippen LogP contribution in [-0.2, 0) is 0 Å². The molecule has 20 heavy (non-hydrogen) atoms. The van der Waals surface area contributed by atoms with Crippen molar-refractivity contribution in [3.05, 3.63) is 47.2 Å². The lowest BCUT2D eigenvalue weighted by molar-refractivity contribution is 0.0992. The smallest absolute Gasteiger partial charge is 0.259 e. The van der Waals surface area contributed by atoms with Crippen LogP contribution in [0.5, 0.6) is 0 Å². The van der Waals surface area contributed by atoms with E-state index in [-0.39, 0.29) is 11.1 Å². The number of halogens is 1. The molecule has 2 aromatic rings. The number of hydrogen-bond acceptors (Lipinski definition) is 4. The van der Waals surface area contributed by atoms with E-state index in [0.29, 0.717) is 23.7 Å². The molecule has 2 rings (SSSR count). The number of carbonyl (C=O) groups is 1. The number of nitrogens with zero attached hydrogens (tertiary/aromatic N) is 3. The minimum Gasteiger partial charge on any atom is -0.370 e. The summed E-state index contributed by atoms with van der Waals surface area (Å²) in [5, 5.41) is 3.32. The molecular weight excluding hydrogens is 276 g/mol. The number of rotatable bonds is 4. The summed E-state index contributed by atoms with van der Waals surface area (Å²) in [6, 6.07) is 8.62. The number of nitrogens with one attached hydrogen (secondary N) is 1. The number of carbonyl (C=O) groups excluding carboxylic acids is 1. The van der Waals surface area contributed by atoms with Crippen molar-refractivity contribution in [2.24, 2.45) is 0 Å². The standard InChI is InChI=1S/C14H15ClN4O/c1-3-16-12-9-10(8-11(15)18-12)14(20)19(2)13-6-4-5-7-17-13/h4-9H,3H2,1-2H3,(H,16,18). The number of hydrogen-bond donors (Lipinski definition) is 1. The van der Waals surface area contributed by atoms with Crippen LogP contribution in [-0.4, -0.2) is 29.5 Å². The molecule has 0 aromatic carbocycles. The fourth-order valence-electron chi connectivity index (χ4n) is 1.74. The molecule has 0 aliphatic carbocycles. The van der Waals surface area contributed by atoms with Gasteiger partial charge in [-0.15, -0.1) is 0 Å². The molecule has 0 atom stereocenters. The van der Waals surface area contributed by atoms with Gasteiger partial charge in [-0.2, -0.15) is 0 Å². The normalized spacial score (nSPS) is 10.2. The topological polar surface area (TPSA) is 58.1 Å². The average Bonchev–Trinajstić information content (AvgIpc) is 2.46. The predicted molar refractivity (Wildman–Crippen MR) is 80.4 cm³/mol. The van der Waals surface area contributed by atoms with E-state index in [2.05, 4.69) is 15.3 Å². The van der Waals surface area contributed by atoms with Crippen LogP contribution in [0.4, 0.5) is 11.6 Å².